The van der Waals surface area contributed by atoms with Gasteiger partial charge in [-0.05, 0) is 33.2 Å². The largest absolute Gasteiger partial charge is 0.378 e. The molecule has 0 aliphatic carbocycles. The first-order valence-corrected chi connectivity index (χ1v) is 6.95. The van der Waals surface area contributed by atoms with Crippen LogP contribution in [0.1, 0.15) is 33.1 Å². The Bertz CT molecular complexity index is 336. The zero-order valence-corrected chi connectivity index (χ0v) is 12.2. The molecule has 0 spiro atoms. The van der Waals surface area contributed by atoms with E-state index in [4.69, 9.17) is 10.00 Å². The molecule has 0 radical (unpaired) electrons. The first-order chi connectivity index (χ1) is 9.00. The van der Waals surface area contributed by atoms with E-state index < -0.39 is 0 Å². The number of carbonyl (C=O) groups is 1. The Morgan fingerprint density at radius 3 is 2.89 bits per heavy atom. The number of hydrogen-bond acceptors (Lipinski definition) is 4. The maximum atomic E-state index is 11.7. The van der Waals surface area contributed by atoms with Crippen LogP contribution in [-0.2, 0) is 9.53 Å². The number of carbonyl (C=O) groups excluding carboxylic acids is 1. The Balaban J connectivity index is 2.34. The molecule has 1 atom stereocenters. The van der Waals surface area contributed by atoms with Crippen molar-refractivity contribution in [3.63, 3.8) is 0 Å². The van der Waals surface area contributed by atoms with Crippen molar-refractivity contribution in [3.05, 3.63) is 0 Å². The molecule has 1 aliphatic heterocycles. The maximum Gasteiger partial charge on any atom is 0.239 e. The molecule has 1 unspecified atom stereocenters. The average molecular weight is 267 g/mol. The van der Waals surface area contributed by atoms with Crippen LogP contribution in [0.2, 0.25) is 0 Å². The average Bonchev–Trinajstić information content (AvgIpc) is 2.43. The second-order valence-corrected chi connectivity index (χ2v) is 5.69. The van der Waals surface area contributed by atoms with Crippen molar-refractivity contribution in [2.45, 2.75) is 39.2 Å². The first-order valence-electron chi connectivity index (χ1n) is 6.95. The minimum absolute atomic E-state index is 0.0251. The molecule has 1 fully saturated rings. The van der Waals surface area contributed by atoms with Crippen LogP contribution in [-0.4, -0.2) is 50.2 Å². The number of unbranched alkanes of at least 4 members (excludes halogenated alkanes) is 1. The molecule has 5 nitrogen and oxygen atoms in total. The van der Waals surface area contributed by atoms with E-state index in [1.165, 1.54) is 0 Å². The van der Waals surface area contributed by atoms with Crippen molar-refractivity contribution in [1.29, 1.82) is 5.26 Å². The fourth-order valence-corrected chi connectivity index (χ4v) is 2.25. The topological polar surface area (TPSA) is 65.4 Å². The van der Waals surface area contributed by atoms with Gasteiger partial charge in [0.05, 0.1) is 24.7 Å². The van der Waals surface area contributed by atoms with Crippen molar-refractivity contribution in [2.75, 3.05) is 33.4 Å². The predicted molar refractivity (Wildman–Crippen MR) is 73.5 cm³/mol. The minimum atomic E-state index is -0.245. The summed E-state index contributed by atoms with van der Waals surface area (Å²) in [6, 6.07) is 2.15. The van der Waals surface area contributed by atoms with Gasteiger partial charge in [0.15, 0.2) is 0 Å². The van der Waals surface area contributed by atoms with Crippen molar-refractivity contribution < 1.29 is 9.53 Å². The van der Waals surface area contributed by atoms with Gasteiger partial charge < -0.3 is 10.1 Å². The first kappa shape index (κ1) is 15.9. The zero-order valence-electron chi connectivity index (χ0n) is 12.2. The van der Waals surface area contributed by atoms with Gasteiger partial charge in [-0.3, -0.25) is 9.69 Å². The number of likely N-dealkylation sites (N-methyl/N-ethyl adjacent to an activating group) is 1. The number of morpholine rings is 1. The molecule has 1 amide bonds. The molecule has 1 rings (SSSR count). The number of nitrogens with one attached hydrogen (secondary N) is 1. The summed E-state index contributed by atoms with van der Waals surface area (Å²) in [6.45, 7) is 6.80. The molecule has 0 aromatic heterocycles. The number of rotatable bonds is 6. The Labute approximate surface area is 115 Å². The maximum absolute atomic E-state index is 11.7. The highest BCUT2D eigenvalue weighted by atomic mass is 16.5. The minimum Gasteiger partial charge on any atom is -0.378 e. The third-order valence-electron chi connectivity index (χ3n) is 3.59. The Kier molecular flexibility index (Phi) is 6.26. The summed E-state index contributed by atoms with van der Waals surface area (Å²) < 4.78 is 5.37. The fourth-order valence-electron chi connectivity index (χ4n) is 2.25. The van der Waals surface area contributed by atoms with E-state index in [9.17, 15) is 4.79 Å². The second-order valence-electron chi connectivity index (χ2n) is 5.69. The summed E-state index contributed by atoms with van der Waals surface area (Å²) in [5.74, 6) is 0.0251. The van der Waals surface area contributed by atoms with Gasteiger partial charge in [0, 0.05) is 13.6 Å². The number of nitrogens with zero attached hydrogens (tertiary/aromatic N) is 2. The van der Waals surface area contributed by atoms with Crippen LogP contribution in [0.25, 0.3) is 0 Å². The second kappa shape index (κ2) is 7.46. The SMILES string of the molecule is CNC(=O)C1COCCN1CCCCC(C)(C)C#N. The molecule has 108 valence electrons. The van der Waals surface area contributed by atoms with Crippen molar-refractivity contribution in [1.82, 2.24) is 10.2 Å². The van der Waals surface area contributed by atoms with Crippen molar-refractivity contribution in [2.24, 2.45) is 5.41 Å². The van der Waals surface area contributed by atoms with E-state index in [1.54, 1.807) is 7.05 Å². The number of ether oxygens (including phenoxy) is 1. The monoisotopic (exact) mass is 267 g/mol. The smallest absolute Gasteiger partial charge is 0.239 e. The summed E-state index contributed by atoms with van der Waals surface area (Å²) in [7, 11) is 1.66. The standard InChI is InChI=1S/C14H25N3O2/c1-14(2,11-15)6-4-5-7-17-8-9-19-10-12(17)13(18)16-3/h12H,4-10H2,1-3H3,(H,16,18). The van der Waals surface area contributed by atoms with Crippen molar-refractivity contribution >= 4 is 5.91 Å². The number of nitriles is 1. The van der Waals surface area contributed by atoms with Gasteiger partial charge in [-0.1, -0.05) is 6.42 Å². The highest BCUT2D eigenvalue weighted by molar-refractivity contribution is 5.81. The molecular formula is C14H25N3O2. The van der Waals surface area contributed by atoms with Gasteiger partial charge in [-0.25, -0.2) is 0 Å². The molecule has 1 N–H and O–H groups in total. The van der Waals surface area contributed by atoms with E-state index in [2.05, 4.69) is 16.3 Å². The van der Waals surface area contributed by atoms with Crippen molar-refractivity contribution in [3.8, 4) is 6.07 Å². The molecule has 0 aromatic carbocycles. The molecule has 0 saturated carbocycles. The van der Waals surface area contributed by atoms with Gasteiger partial charge in [-0.15, -0.1) is 0 Å². The van der Waals surface area contributed by atoms with E-state index in [0.717, 1.165) is 32.4 Å². The van der Waals surface area contributed by atoms with Gasteiger partial charge in [0.1, 0.15) is 6.04 Å². The van der Waals surface area contributed by atoms with E-state index in [0.29, 0.717) is 13.2 Å². The summed E-state index contributed by atoms with van der Waals surface area (Å²) in [5, 5.41) is 11.6. The summed E-state index contributed by atoms with van der Waals surface area (Å²) in [4.78, 5) is 13.9. The van der Waals surface area contributed by atoms with Crippen LogP contribution in [0, 0.1) is 16.7 Å². The zero-order chi connectivity index (χ0) is 14.3. The predicted octanol–water partition coefficient (Wildman–Crippen LogP) is 1.15. The Hall–Kier alpha value is -1.12. The van der Waals surface area contributed by atoms with E-state index in [1.807, 2.05) is 13.8 Å². The molecule has 19 heavy (non-hydrogen) atoms. The van der Waals surface area contributed by atoms with Crippen LogP contribution in [0.3, 0.4) is 0 Å². The molecule has 0 aromatic rings. The lowest BCUT2D eigenvalue weighted by molar-refractivity contribution is -0.132. The number of amides is 1. The molecule has 1 aliphatic rings. The highest BCUT2D eigenvalue weighted by Crippen LogP contribution is 2.22. The van der Waals surface area contributed by atoms with E-state index >= 15 is 0 Å². The van der Waals surface area contributed by atoms with Crippen LogP contribution < -0.4 is 5.32 Å². The lowest BCUT2D eigenvalue weighted by atomic mass is 9.89. The van der Waals surface area contributed by atoms with Crippen LogP contribution in [0.4, 0.5) is 0 Å². The molecule has 1 saturated heterocycles. The van der Waals surface area contributed by atoms with Crippen LogP contribution in [0.5, 0.6) is 0 Å². The normalized spacial score (nSPS) is 20.8. The van der Waals surface area contributed by atoms with Gasteiger partial charge >= 0.3 is 0 Å². The fraction of sp³-hybridized carbons (Fsp3) is 0.857. The molecule has 0 bridgehead atoms. The quantitative estimate of drug-likeness (QED) is 0.733. The van der Waals surface area contributed by atoms with Gasteiger partial charge in [0.2, 0.25) is 5.91 Å². The van der Waals surface area contributed by atoms with Crippen LogP contribution >= 0.6 is 0 Å². The third-order valence-corrected chi connectivity index (χ3v) is 3.59. The van der Waals surface area contributed by atoms with Gasteiger partial charge in [-0.2, -0.15) is 5.26 Å². The van der Waals surface area contributed by atoms with E-state index in [-0.39, 0.29) is 17.4 Å². The Morgan fingerprint density at radius 1 is 1.53 bits per heavy atom. The third kappa shape index (κ3) is 5.17. The summed E-state index contributed by atoms with van der Waals surface area (Å²) in [6.07, 6.45) is 2.93. The number of hydrogen-bond donors (Lipinski definition) is 1. The molecule has 5 heteroatoms. The van der Waals surface area contributed by atoms with Crippen LogP contribution in [0.15, 0.2) is 0 Å². The highest BCUT2D eigenvalue weighted by Gasteiger charge is 2.28. The molecule has 1 heterocycles. The Morgan fingerprint density at radius 2 is 2.26 bits per heavy atom. The lowest BCUT2D eigenvalue weighted by Crippen LogP contribution is -2.53. The van der Waals surface area contributed by atoms with Gasteiger partial charge in [0.25, 0.3) is 0 Å². The summed E-state index contributed by atoms with van der Waals surface area (Å²) >= 11 is 0. The summed E-state index contributed by atoms with van der Waals surface area (Å²) in [5.41, 5.74) is -0.245. The molecular weight excluding hydrogens is 242 g/mol. The lowest BCUT2D eigenvalue weighted by Gasteiger charge is -2.34.